The number of hydrogen-bond acceptors (Lipinski definition) is 5. The third-order valence-electron chi connectivity index (χ3n) is 6.04. The second-order valence-corrected chi connectivity index (χ2v) is 7.84. The minimum atomic E-state index is -0.400. The zero-order chi connectivity index (χ0) is 21.1. The molecule has 2 heterocycles. The Morgan fingerprint density at radius 1 is 1.21 bits per heavy atom. The molecule has 2 aliphatic rings. The van der Waals surface area contributed by atoms with Crippen LogP contribution in [0.3, 0.4) is 0 Å². The van der Waals surface area contributed by atoms with E-state index in [1.165, 1.54) is 6.07 Å². The van der Waals surface area contributed by atoms with Gasteiger partial charge in [0.25, 0.3) is 0 Å². The second-order valence-electron chi connectivity index (χ2n) is 7.84. The van der Waals surface area contributed by atoms with Gasteiger partial charge in [0, 0.05) is 44.4 Å². The number of anilines is 1. The summed E-state index contributed by atoms with van der Waals surface area (Å²) in [6.07, 6.45) is 6.87. The van der Waals surface area contributed by atoms with Crippen LogP contribution < -0.4 is 10.3 Å². The fraction of sp³-hybridized carbons (Fsp3) is 0.545. The molecule has 7 heteroatoms. The van der Waals surface area contributed by atoms with Gasteiger partial charge in [-0.3, -0.25) is 9.59 Å². The number of carbonyl (C=O) groups is 1. The number of carbonyl (C=O) groups excluding carboxylic acids is 1. The van der Waals surface area contributed by atoms with E-state index in [1.807, 2.05) is 11.5 Å². The number of pyridine rings is 1. The molecule has 0 spiro atoms. The first-order chi connectivity index (χ1) is 14.0. The Balaban J connectivity index is 0.00000117. The van der Waals surface area contributed by atoms with Gasteiger partial charge in [0.15, 0.2) is 11.7 Å². The first kappa shape index (κ1) is 21.5. The van der Waals surface area contributed by atoms with Crippen LogP contribution >= 0.6 is 0 Å². The minimum Gasteiger partial charge on any atom is -0.400 e. The van der Waals surface area contributed by atoms with Crippen molar-refractivity contribution in [1.82, 2.24) is 4.57 Å². The SMILES string of the molecule is CO.Cc1c(N2CCC(CCO)CC2)c(F)cc2c(=O)c(C=O)cn(C3CC3)c12. The van der Waals surface area contributed by atoms with Crippen LogP contribution in [-0.2, 0) is 0 Å². The molecule has 1 aromatic carbocycles. The van der Waals surface area contributed by atoms with E-state index in [0.717, 1.165) is 63.4 Å². The summed E-state index contributed by atoms with van der Waals surface area (Å²) in [6, 6.07) is 1.59. The largest absolute Gasteiger partial charge is 0.400 e. The van der Waals surface area contributed by atoms with Gasteiger partial charge in [0.1, 0.15) is 5.82 Å². The number of aromatic nitrogens is 1. The number of aliphatic hydroxyl groups excluding tert-OH is 2. The smallest absolute Gasteiger partial charge is 0.200 e. The minimum absolute atomic E-state index is 0.0887. The van der Waals surface area contributed by atoms with Gasteiger partial charge in [-0.25, -0.2) is 4.39 Å². The Morgan fingerprint density at radius 2 is 1.86 bits per heavy atom. The van der Waals surface area contributed by atoms with E-state index in [-0.39, 0.29) is 18.2 Å². The molecule has 2 N–H and O–H groups in total. The first-order valence-electron chi connectivity index (χ1n) is 10.2. The summed E-state index contributed by atoms with van der Waals surface area (Å²) in [5, 5.41) is 16.4. The van der Waals surface area contributed by atoms with E-state index >= 15 is 4.39 Å². The highest BCUT2D eigenvalue weighted by atomic mass is 19.1. The molecule has 1 saturated carbocycles. The third-order valence-corrected chi connectivity index (χ3v) is 6.04. The first-order valence-corrected chi connectivity index (χ1v) is 10.2. The molecule has 6 nitrogen and oxygen atoms in total. The summed E-state index contributed by atoms with van der Waals surface area (Å²) < 4.78 is 17.1. The number of piperidine rings is 1. The van der Waals surface area contributed by atoms with Crippen LogP contribution in [0.1, 0.15) is 54.1 Å². The lowest BCUT2D eigenvalue weighted by Gasteiger charge is -2.35. The molecule has 0 amide bonds. The van der Waals surface area contributed by atoms with E-state index in [0.29, 0.717) is 23.3 Å². The Morgan fingerprint density at radius 3 is 2.41 bits per heavy atom. The predicted octanol–water partition coefficient (Wildman–Crippen LogP) is 2.80. The molecule has 1 saturated heterocycles. The maximum atomic E-state index is 15.1. The number of aldehydes is 1. The molecule has 2 fully saturated rings. The molecule has 0 unspecified atom stereocenters. The summed E-state index contributed by atoms with van der Waals surface area (Å²) in [4.78, 5) is 26.0. The highest BCUT2D eigenvalue weighted by molar-refractivity contribution is 5.91. The van der Waals surface area contributed by atoms with E-state index in [4.69, 9.17) is 10.2 Å². The second kappa shape index (κ2) is 9.05. The molecule has 158 valence electrons. The average Bonchev–Trinajstić information content (AvgIpc) is 3.57. The summed E-state index contributed by atoms with van der Waals surface area (Å²) in [5.74, 6) is 0.0815. The van der Waals surface area contributed by atoms with Crippen LogP contribution in [0.25, 0.3) is 10.9 Å². The number of rotatable bonds is 5. The van der Waals surface area contributed by atoms with Crippen LogP contribution in [0.2, 0.25) is 0 Å². The predicted molar refractivity (Wildman–Crippen MR) is 111 cm³/mol. The van der Waals surface area contributed by atoms with E-state index in [2.05, 4.69) is 4.90 Å². The fourth-order valence-corrected chi connectivity index (χ4v) is 4.43. The van der Waals surface area contributed by atoms with Crippen molar-refractivity contribution in [2.75, 3.05) is 31.7 Å². The summed E-state index contributed by atoms with van der Waals surface area (Å²) in [5.41, 5.74) is 1.78. The molecule has 1 aliphatic carbocycles. The molecule has 2 aromatic rings. The fourth-order valence-electron chi connectivity index (χ4n) is 4.43. The molecule has 0 radical (unpaired) electrons. The molecular formula is C22H29FN2O4. The number of benzene rings is 1. The van der Waals surface area contributed by atoms with Crippen molar-refractivity contribution in [2.24, 2.45) is 5.92 Å². The Labute approximate surface area is 169 Å². The highest BCUT2D eigenvalue weighted by Gasteiger charge is 2.29. The van der Waals surface area contributed by atoms with Crippen molar-refractivity contribution < 1.29 is 19.4 Å². The molecule has 29 heavy (non-hydrogen) atoms. The van der Waals surface area contributed by atoms with Gasteiger partial charge in [0.05, 0.1) is 16.8 Å². The van der Waals surface area contributed by atoms with Crippen LogP contribution in [0, 0.1) is 18.7 Å². The Kier molecular flexibility index (Phi) is 6.70. The van der Waals surface area contributed by atoms with E-state index < -0.39 is 11.2 Å². The van der Waals surface area contributed by atoms with Crippen molar-refractivity contribution in [1.29, 1.82) is 0 Å². The van der Waals surface area contributed by atoms with E-state index in [9.17, 15) is 9.59 Å². The topological polar surface area (TPSA) is 82.8 Å². The van der Waals surface area contributed by atoms with Crippen molar-refractivity contribution in [3.8, 4) is 0 Å². The number of halogens is 1. The number of aryl methyl sites for hydroxylation is 1. The van der Waals surface area contributed by atoms with Crippen LogP contribution in [0.4, 0.5) is 10.1 Å². The van der Waals surface area contributed by atoms with Gasteiger partial charge in [-0.1, -0.05) is 0 Å². The monoisotopic (exact) mass is 404 g/mol. The Hall–Kier alpha value is -2.25. The zero-order valence-electron chi connectivity index (χ0n) is 17.0. The standard InChI is InChI=1S/C21H25FN2O3.CH4O/c1-13-19-17(21(27)15(12-26)11-24(19)16-2-3-16)10-18(22)20(13)23-7-4-14(5-8-23)6-9-25;1-2/h10-12,14,16,25H,2-9H2,1H3;2H,1H3. The molecule has 1 aromatic heterocycles. The number of nitrogens with zero attached hydrogens (tertiary/aromatic N) is 2. The van der Waals surface area contributed by atoms with Crippen molar-refractivity contribution in [3.05, 3.63) is 39.4 Å². The van der Waals surface area contributed by atoms with Crippen LogP contribution in [0.5, 0.6) is 0 Å². The lowest BCUT2D eigenvalue weighted by molar-refractivity contribution is 0.112. The maximum Gasteiger partial charge on any atom is 0.200 e. The van der Waals surface area contributed by atoms with Crippen LogP contribution in [0.15, 0.2) is 17.1 Å². The lowest BCUT2D eigenvalue weighted by atomic mass is 9.93. The quantitative estimate of drug-likeness (QED) is 0.749. The third kappa shape index (κ3) is 4.07. The van der Waals surface area contributed by atoms with Gasteiger partial charge in [-0.2, -0.15) is 0 Å². The summed E-state index contributed by atoms with van der Waals surface area (Å²) in [6.45, 7) is 3.56. The summed E-state index contributed by atoms with van der Waals surface area (Å²) in [7, 11) is 1.00. The molecule has 1 aliphatic heterocycles. The number of hydrogen-bond donors (Lipinski definition) is 2. The maximum absolute atomic E-state index is 15.1. The van der Waals surface area contributed by atoms with Crippen molar-refractivity contribution in [3.63, 3.8) is 0 Å². The molecule has 0 atom stereocenters. The van der Waals surface area contributed by atoms with Gasteiger partial charge >= 0.3 is 0 Å². The van der Waals surface area contributed by atoms with Crippen molar-refractivity contribution >= 4 is 22.9 Å². The van der Waals surface area contributed by atoms with Gasteiger partial charge in [-0.05, 0) is 56.6 Å². The van der Waals surface area contributed by atoms with Crippen LogP contribution in [-0.4, -0.2) is 47.9 Å². The number of aliphatic hydroxyl groups is 2. The van der Waals surface area contributed by atoms with Crippen molar-refractivity contribution in [2.45, 2.75) is 45.1 Å². The zero-order valence-corrected chi connectivity index (χ0v) is 17.0. The number of fused-ring (bicyclic) bond motifs is 1. The van der Waals surface area contributed by atoms with E-state index in [1.54, 1.807) is 6.20 Å². The van der Waals surface area contributed by atoms with Gasteiger partial charge < -0.3 is 19.7 Å². The van der Waals surface area contributed by atoms with Gasteiger partial charge in [0.2, 0.25) is 0 Å². The average molecular weight is 404 g/mol. The van der Waals surface area contributed by atoms with Gasteiger partial charge in [-0.15, -0.1) is 0 Å². The molecular weight excluding hydrogens is 375 g/mol. The molecule has 4 rings (SSSR count). The lowest BCUT2D eigenvalue weighted by Crippen LogP contribution is -2.35. The summed E-state index contributed by atoms with van der Waals surface area (Å²) >= 11 is 0. The normalized spacial score (nSPS) is 17.2. The highest BCUT2D eigenvalue weighted by Crippen LogP contribution is 2.40. The molecule has 0 bridgehead atoms. The Bertz CT molecular complexity index is 944.